The summed E-state index contributed by atoms with van der Waals surface area (Å²) in [6.07, 6.45) is 4.54. The summed E-state index contributed by atoms with van der Waals surface area (Å²) < 4.78 is 0.832. The van der Waals surface area contributed by atoms with Crippen molar-refractivity contribution in [3.05, 3.63) is 46.6 Å². The molecule has 1 aromatic heterocycles. The van der Waals surface area contributed by atoms with Crippen LogP contribution in [0.25, 0.3) is 0 Å². The van der Waals surface area contributed by atoms with Gasteiger partial charge in [-0.05, 0) is 18.4 Å². The number of hydrogen-bond acceptors (Lipinski definition) is 6. The SMILES string of the molecule is CSc1nccc(O/N=C/C(=O)c2cccc(Br)c2)n1. The van der Waals surface area contributed by atoms with Crippen molar-refractivity contribution < 1.29 is 9.63 Å². The molecule has 0 atom stereocenters. The van der Waals surface area contributed by atoms with E-state index >= 15 is 0 Å². The minimum Gasteiger partial charge on any atom is -0.336 e. The Bertz CT molecular complexity index is 649. The first-order valence-corrected chi connectivity index (χ1v) is 7.58. The highest BCUT2D eigenvalue weighted by Gasteiger charge is 2.03. The topological polar surface area (TPSA) is 64.4 Å². The molecule has 1 heterocycles. The number of benzene rings is 1. The van der Waals surface area contributed by atoms with Gasteiger partial charge in [0.2, 0.25) is 5.78 Å². The molecule has 0 unspecified atom stereocenters. The number of ketones is 1. The highest BCUT2D eigenvalue weighted by atomic mass is 79.9. The molecular formula is C13H10BrN3O2S. The van der Waals surface area contributed by atoms with Gasteiger partial charge in [0.05, 0.1) is 0 Å². The van der Waals surface area contributed by atoms with Crippen molar-refractivity contribution in [2.45, 2.75) is 5.16 Å². The molecule has 7 heteroatoms. The summed E-state index contributed by atoms with van der Waals surface area (Å²) >= 11 is 4.70. The minimum atomic E-state index is -0.245. The molecule has 102 valence electrons. The largest absolute Gasteiger partial charge is 0.336 e. The zero-order chi connectivity index (χ0) is 14.4. The molecule has 1 aromatic carbocycles. The van der Waals surface area contributed by atoms with Crippen LogP contribution in [0.15, 0.2) is 51.3 Å². The number of carbonyl (C=O) groups excluding carboxylic acids is 1. The average molecular weight is 352 g/mol. The van der Waals surface area contributed by atoms with Crippen molar-refractivity contribution in [2.24, 2.45) is 5.16 Å². The number of Topliss-reactive ketones (excluding diaryl/α,β-unsaturated/α-hetero) is 1. The zero-order valence-electron chi connectivity index (χ0n) is 10.5. The van der Waals surface area contributed by atoms with Gasteiger partial charge in [-0.15, -0.1) is 0 Å². The second kappa shape index (κ2) is 7.16. The molecule has 0 aliphatic rings. The molecule has 0 amide bonds. The maximum atomic E-state index is 11.8. The Morgan fingerprint density at radius 1 is 1.45 bits per heavy atom. The molecular weight excluding hydrogens is 342 g/mol. The van der Waals surface area contributed by atoms with Crippen LogP contribution in [0.3, 0.4) is 0 Å². The fraction of sp³-hybridized carbons (Fsp3) is 0.0769. The van der Waals surface area contributed by atoms with E-state index in [0.29, 0.717) is 16.6 Å². The first-order chi connectivity index (χ1) is 9.69. The number of carbonyl (C=O) groups is 1. The molecule has 0 fully saturated rings. The van der Waals surface area contributed by atoms with Crippen LogP contribution < -0.4 is 4.84 Å². The van der Waals surface area contributed by atoms with Crippen LogP contribution in [0.2, 0.25) is 0 Å². The van der Waals surface area contributed by atoms with E-state index in [1.807, 2.05) is 12.3 Å². The van der Waals surface area contributed by atoms with Gasteiger partial charge in [-0.1, -0.05) is 45.0 Å². The smallest absolute Gasteiger partial charge is 0.252 e. The Hall–Kier alpha value is -1.73. The molecule has 0 saturated carbocycles. The van der Waals surface area contributed by atoms with Crippen LogP contribution in [0.5, 0.6) is 5.88 Å². The van der Waals surface area contributed by atoms with Crippen molar-refractivity contribution in [3.63, 3.8) is 0 Å². The number of rotatable bonds is 5. The van der Waals surface area contributed by atoms with Crippen LogP contribution in [-0.2, 0) is 0 Å². The zero-order valence-corrected chi connectivity index (χ0v) is 12.9. The molecule has 2 aromatic rings. The third kappa shape index (κ3) is 4.14. The Balaban J connectivity index is 2.01. The summed E-state index contributed by atoms with van der Waals surface area (Å²) in [4.78, 5) is 24.9. The summed E-state index contributed by atoms with van der Waals surface area (Å²) in [6.45, 7) is 0. The average Bonchev–Trinajstić information content (AvgIpc) is 2.47. The van der Waals surface area contributed by atoms with Crippen LogP contribution >= 0.6 is 27.7 Å². The maximum absolute atomic E-state index is 11.8. The van der Waals surface area contributed by atoms with Crippen molar-refractivity contribution >= 4 is 39.7 Å². The normalized spacial score (nSPS) is 10.7. The fourth-order valence-electron chi connectivity index (χ4n) is 1.32. The first-order valence-electron chi connectivity index (χ1n) is 5.56. The van der Waals surface area contributed by atoms with Crippen molar-refractivity contribution in [1.82, 2.24) is 9.97 Å². The number of nitrogens with zero attached hydrogens (tertiary/aromatic N) is 3. The Kier molecular flexibility index (Phi) is 5.25. The number of thioether (sulfide) groups is 1. The van der Waals surface area contributed by atoms with Gasteiger partial charge in [0.25, 0.3) is 5.88 Å². The van der Waals surface area contributed by atoms with E-state index in [1.165, 1.54) is 11.8 Å². The van der Waals surface area contributed by atoms with Crippen LogP contribution in [-0.4, -0.2) is 28.2 Å². The summed E-state index contributed by atoms with van der Waals surface area (Å²) in [6, 6.07) is 8.61. The highest BCUT2D eigenvalue weighted by molar-refractivity contribution is 9.10. The van der Waals surface area contributed by atoms with E-state index in [2.05, 4.69) is 31.1 Å². The molecule has 0 aliphatic carbocycles. The Morgan fingerprint density at radius 3 is 3.05 bits per heavy atom. The van der Waals surface area contributed by atoms with Crippen LogP contribution in [0, 0.1) is 0 Å². The first kappa shape index (κ1) is 14.7. The summed E-state index contributed by atoms with van der Waals surface area (Å²) in [5.41, 5.74) is 0.527. The van der Waals surface area contributed by atoms with E-state index in [4.69, 9.17) is 4.84 Å². The monoisotopic (exact) mass is 351 g/mol. The van der Waals surface area contributed by atoms with E-state index < -0.39 is 0 Å². The van der Waals surface area contributed by atoms with Gasteiger partial charge < -0.3 is 4.84 Å². The lowest BCUT2D eigenvalue weighted by molar-refractivity contribution is 0.106. The lowest BCUT2D eigenvalue weighted by Gasteiger charge is -1.99. The highest BCUT2D eigenvalue weighted by Crippen LogP contribution is 2.13. The quantitative estimate of drug-likeness (QED) is 0.272. The Labute approximate surface area is 128 Å². The number of hydrogen-bond donors (Lipinski definition) is 0. The molecule has 0 aliphatic heterocycles. The van der Waals surface area contributed by atoms with E-state index in [1.54, 1.807) is 30.5 Å². The molecule has 2 rings (SSSR count). The third-order valence-electron chi connectivity index (χ3n) is 2.22. The lowest BCUT2D eigenvalue weighted by atomic mass is 10.1. The number of aromatic nitrogens is 2. The van der Waals surface area contributed by atoms with Gasteiger partial charge in [-0.3, -0.25) is 4.79 Å². The van der Waals surface area contributed by atoms with Gasteiger partial charge in [0.1, 0.15) is 6.21 Å². The van der Waals surface area contributed by atoms with Crippen molar-refractivity contribution in [2.75, 3.05) is 6.26 Å². The number of halogens is 1. The van der Waals surface area contributed by atoms with Gasteiger partial charge in [-0.25, -0.2) is 4.98 Å². The predicted octanol–water partition coefficient (Wildman–Crippen LogP) is 3.21. The van der Waals surface area contributed by atoms with Gasteiger partial charge >= 0.3 is 0 Å². The second-order valence-corrected chi connectivity index (χ2v) is 5.27. The molecule has 0 radical (unpaired) electrons. The second-order valence-electron chi connectivity index (χ2n) is 3.58. The van der Waals surface area contributed by atoms with Gasteiger partial charge in [-0.2, -0.15) is 4.98 Å². The minimum absolute atomic E-state index is 0.245. The Morgan fingerprint density at radius 2 is 2.30 bits per heavy atom. The maximum Gasteiger partial charge on any atom is 0.252 e. The summed E-state index contributed by atoms with van der Waals surface area (Å²) in [7, 11) is 0. The predicted molar refractivity (Wildman–Crippen MR) is 81.4 cm³/mol. The third-order valence-corrected chi connectivity index (χ3v) is 3.27. The van der Waals surface area contributed by atoms with Crippen LogP contribution in [0.4, 0.5) is 0 Å². The molecule has 0 saturated heterocycles. The van der Waals surface area contributed by atoms with Crippen LogP contribution in [0.1, 0.15) is 10.4 Å². The summed E-state index contributed by atoms with van der Waals surface area (Å²) in [5.74, 6) is 0.0492. The fourth-order valence-corrected chi connectivity index (χ4v) is 2.07. The molecule has 0 N–H and O–H groups in total. The van der Waals surface area contributed by atoms with E-state index in [0.717, 1.165) is 10.7 Å². The molecule has 5 nitrogen and oxygen atoms in total. The van der Waals surface area contributed by atoms with E-state index in [-0.39, 0.29) is 5.78 Å². The molecule has 20 heavy (non-hydrogen) atoms. The van der Waals surface area contributed by atoms with E-state index in [9.17, 15) is 4.79 Å². The van der Waals surface area contributed by atoms with Crippen molar-refractivity contribution in [3.8, 4) is 5.88 Å². The molecule has 0 bridgehead atoms. The standard InChI is InChI=1S/C13H10BrN3O2S/c1-20-13-15-6-5-12(17-13)19-16-8-11(18)9-3-2-4-10(14)7-9/h2-8H,1H3/b16-8+. The molecule has 0 spiro atoms. The summed E-state index contributed by atoms with van der Waals surface area (Å²) in [5, 5.41) is 4.21. The van der Waals surface area contributed by atoms with Crippen molar-refractivity contribution in [1.29, 1.82) is 0 Å². The number of oxime groups is 1. The lowest BCUT2D eigenvalue weighted by Crippen LogP contribution is -2.01. The van der Waals surface area contributed by atoms with Gasteiger partial charge in [0, 0.05) is 22.3 Å². The van der Waals surface area contributed by atoms with Gasteiger partial charge in [0.15, 0.2) is 5.16 Å².